The van der Waals surface area contributed by atoms with Crippen molar-refractivity contribution in [1.82, 2.24) is 9.21 Å². The van der Waals surface area contributed by atoms with Crippen LogP contribution in [0.5, 0.6) is 0 Å². The predicted molar refractivity (Wildman–Crippen MR) is 119 cm³/mol. The molecule has 0 aliphatic rings. The molecule has 1 aromatic rings. The van der Waals surface area contributed by atoms with Gasteiger partial charge in [-0.2, -0.15) is 5.10 Å². The van der Waals surface area contributed by atoms with Crippen LogP contribution >= 0.6 is 0 Å². The van der Waals surface area contributed by atoms with Crippen LogP contribution < -0.4 is 5.43 Å². The van der Waals surface area contributed by atoms with E-state index in [9.17, 15) is 18.0 Å². The highest BCUT2D eigenvalue weighted by Gasteiger charge is 2.24. The molecule has 10 nitrogen and oxygen atoms in total. The van der Waals surface area contributed by atoms with Gasteiger partial charge in [0.2, 0.25) is 10.0 Å². The van der Waals surface area contributed by atoms with Crippen LogP contribution in [0.4, 0.5) is 10.5 Å². The third-order valence-corrected chi connectivity index (χ3v) is 5.78. The number of anilines is 1. The van der Waals surface area contributed by atoms with Crippen molar-refractivity contribution in [2.75, 3.05) is 46.3 Å². The fourth-order valence-corrected chi connectivity index (χ4v) is 3.51. The van der Waals surface area contributed by atoms with E-state index in [0.29, 0.717) is 22.0 Å². The van der Waals surface area contributed by atoms with Gasteiger partial charge in [0.1, 0.15) is 5.71 Å². The molecule has 0 aromatic heterocycles. The molecule has 174 valence electrons. The van der Waals surface area contributed by atoms with Crippen molar-refractivity contribution in [3.05, 3.63) is 29.8 Å². The molecule has 0 aliphatic heterocycles. The average molecular weight is 457 g/mol. The summed E-state index contributed by atoms with van der Waals surface area (Å²) in [5.41, 5.74) is 4.16. The number of benzene rings is 1. The van der Waals surface area contributed by atoms with Gasteiger partial charge in [0.15, 0.2) is 0 Å². The molecule has 0 spiro atoms. The molecule has 1 amide bonds. The number of ether oxygens (including phenoxy) is 2. The summed E-state index contributed by atoms with van der Waals surface area (Å²) in [5, 5.41) is 4.17. The zero-order valence-electron chi connectivity index (χ0n) is 18.8. The van der Waals surface area contributed by atoms with E-state index in [4.69, 9.17) is 9.47 Å². The van der Waals surface area contributed by atoms with Gasteiger partial charge in [0, 0.05) is 13.5 Å². The van der Waals surface area contributed by atoms with E-state index in [1.165, 1.54) is 0 Å². The first kappa shape index (κ1) is 26.4. The number of carbonyl (C=O) groups is 2. The second-order valence-corrected chi connectivity index (χ2v) is 8.92. The zero-order chi connectivity index (χ0) is 23.4. The van der Waals surface area contributed by atoms with Crippen molar-refractivity contribution in [2.45, 2.75) is 32.4 Å². The Kier molecular flexibility index (Phi) is 11.0. The van der Waals surface area contributed by atoms with Crippen LogP contribution in [0, 0.1) is 0 Å². The minimum atomic E-state index is -3.86. The summed E-state index contributed by atoms with van der Waals surface area (Å²) in [4.78, 5) is 25.8. The molecule has 1 N–H and O–H groups in total. The van der Waals surface area contributed by atoms with Crippen molar-refractivity contribution < 1.29 is 27.5 Å². The van der Waals surface area contributed by atoms with Crippen LogP contribution in [0.15, 0.2) is 29.4 Å². The number of nitrogens with one attached hydrogen (secondary N) is 1. The van der Waals surface area contributed by atoms with Gasteiger partial charge in [-0.05, 0) is 58.6 Å². The molecule has 0 unspecified atom stereocenters. The number of carbonyl (C=O) groups excluding carboxylic acids is 2. The first-order valence-corrected chi connectivity index (χ1v) is 11.6. The number of hydrazone groups is 1. The molecule has 1 rings (SSSR count). The van der Waals surface area contributed by atoms with Crippen LogP contribution in [0.2, 0.25) is 0 Å². The summed E-state index contributed by atoms with van der Waals surface area (Å²) in [7, 11) is 1.20. The Morgan fingerprint density at radius 3 is 2.19 bits per heavy atom. The van der Waals surface area contributed by atoms with Gasteiger partial charge >= 0.3 is 12.1 Å². The quantitative estimate of drug-likeness (QED) is 0.289. The Balaban J connectivity index is 2.82. The monoisotopic (exact) mass is 456 g/mol. The van der Waals surface area contributed by atoms with E-state index < -0.39 is 22.1 Å². The summed E-state index contributed by atoms with van der Waals surface area (Å²) in [5.74, 6) is -0.830. The van der Waals surface area contributed by atoms with E-state index in [1.807, 2.05) is 19.0 Å². The Morgan fingerprint density at radius 2 is 1.65 bits per heavy atom. The minimum absolute atomic E-state index is 0.0858. The lowest BCUT2D eigenvalue weighted by atomic mass is 10.2. The number of hydrogen-bond donors (Lipinski definition) is 1. The molecular weight excluding hydrogens is 424 g/mol. The van der Waals surface area contributed by atoms with E-state index >= 15 is 0 Å². The van der Waals surface area contributed by atoms with Crippen molar-refractivity contribution >= 4 is 33.5 Å². The van der Waals surface area contributed by atoms with Gasteiger partial charge in [0.25, 0.3) is 0 Å². The highest BCUT2D eigenvalue weighted by Crippen LogP contribution is 2.15. The number of esters is 1. The maximum Gasteiger partial charge on any atom is 0.423 e. The molecule has 1 aromatic carbocycles. The highest BCUT2D eigenvalue weighted by molar-refractivity contribution is 7.88. The molecule has 0 saturated heterocycles. The second-order valence-electron chi connectivity index (χ2n) is 6.92. The molecular formula is C20H32N4O6S. The minimum Gasteiger partial charge on any atom is -0.461 e. The van der Waals surface area contributed by atoms with Crippen molar-refractivity contribution in [3.63, 3.8) is 0 Å². The Labute approximate surface area is 184 Å². The Morgan fingerprint density at radius 1 is 1.03 bits per heavy atom. The van der Waals surface area contributed by atoms with Crippen LogP contribution in [0.25, 0.3) is 0 Å². The Bertz CT molecular complexity index is 853. The summed E-state index contributed by atoms with van der Waals surface area (Å²) in [6.07, 6.45) is 0.286. The van der Waals surface area contributed by atoms with Crippen LogP contribution in [-0.2, 0) is 30.0 Å². The van der Waals surface area contributed by atoms with Crippen molar-refractivity contribution in [3.8, 4) is 0 Å². The molecule has 0 bridgehead atoms. The average Bonchev–Trinajstić information content (AvgIpc) is 2.70. The number of sulfonamides is 1. The summed E-state index contributed by atoms with van der Waals surface area (Å²) in [6.45, 7) is 4.48. The first-order chi connectivity index (χ1) is 14.6. The van der Waals surface area contributed by atoms with Crippen molar-refractivity contribution in [1.29, 1.82) is 0 Å². The van der Waals surface area contributed by atoms with E-state index in [-0.39, 0.29) is 24.7 Å². The van der Waals surface area contributed by atoms with Gasteiger partial charge in [0.05, 0.1) is 24.7 Å². The SMILES string of the molecule is CCOC(=O)/C(CCCN(C)C)=N/Nc1ccc(CS(=O)(=O)N(C)C(=O)OCC)cc1. The molecule has 0 radical (unpaired) electrons. The fourth-order valence-electron chi connectivity index (χ4n) is 2.42. The summed E-state index contributed by atoms with van der Waals surface area (Å²) >= 11 is 0. The maximum atomic E-state index is 12.3. The molecule has 31 heavy (non-hydrogen) atoms. The number of hydrogen-bond acceptors (Lipinski definition) is 9. The lowest BCUT2D eigenvalue weighted by Gasteiger charge is -2.16. The molecule has 0 fully saturated rings. The third-order valence-electron chi connectivity index (χ3n) is 4.10. The topological polar surface area (TPSA) is 118 Å². The summed E-state index contributed by atoms with van der Waals surface area (Å²) < 4.78 is 35.0. The largest absolute Gasteiger partial charge is 0.461 e. The van der Waals surface area contributed by atoms with Gasteiger partial charge in [-0.3, -0.25) is 5.43 Å². The molecule has 0 heterocycles. The van der Waals surface area contributed by atoms with E-state index in [0.717, 1.165) is 20.0 Å². The van der Waals surface area contributed by atoms with Crippen LogP contribution in [0.1, 0.15) is 32.3 Å². The molecule has 0 atom stereocenters. The first-order valence-electron chi connectivity index (χ1n) is 9.97. The maximum absolute atomic E-state index is 12.3. The van der Waals surface area contributed by atoms with Gasteiger partial charge in [-0.25, -0.2) is 22.3 Å². The normalized spacial score (nSPS) is 11.9. The van der Waals surface area contributed by atoms with E-state index in [1.54, 1.807) is 38.1 Å². The highest BCUT2D eigenvalue weighted by atomic mass is 32.2. The zero-order valence-corrected chi connectivity index (χ0v) is 19.6. The second kappa shape index (κ2) is 12.9. The van der Waals surface area contributed by atoms with Crippen molar-refractivity contribution in [2.24, 2.45) is 5.10 Å². The lowest BCUT2D eigenvalue weighted by molar-refractivity contribution is -0.135. The van der Waals surface area contributed by atoms with Gasteiger partial charge < -0.3 is 14.4 Å². The Hall–Kier alpha value is -2.66. The molecule has 0 aliphatic carbocycles. The number of nitrogens with zero attached hydrogens (tertiary/aromatic N) is 3. The van der Waals surface area contributed by atoms with Gasteiger partial charge in [-0.15, -0.1) is 0 Å². The lowest BCUT2D eigenvalue weighted by Crippen LogP contribution is -2.34. The molecule has 11 heteroatoms. The van der Waals surface area contributed by atoms with Crippen LogP contribution in [-0.4, -0.2) is 76.3 Å². The summed E-state index contributed by atoms with van der Waals surface area (Å²) in [6, 6.07) is 6.48. The van der Waals surface area contributed by atoms with Crippen LogP contribution in [0.3, 0.4) is 0 Å². The number of rotatable bonds is 12. The standard InChI is InChI=1S/C20H32N4O6S/c1-6-29-19(25)18(9-8-14-23(3)4)22-21-17-12-10-16(11-13-17)15-31(27,28)24(5)20(26)30-7-2/h10-13,21H,6-9,14-15H2,1-5H3/b22-18+. The predicted octanol–water partition coefficient (Wildman–Crippen LogP) is 2.28. The van der Waals surface area contributed by atoms with E-state index in [2.05, 4.69) is 10.5 Å². The third kappa shape index (κ3) is 9.35. The van der Waals surface area contributed by atoms with Gasteiger partial charge in [-0.1, -0.05) is 12.1 Å². The molecule has 0 saturated carbocycles. The fraction of sp³-hybridized carbons (Fsp3) is 0.550. The smallest absolute Gasteiger partial charge is 0.423 e. The number of amides is 1.